The van der Waals surface area contributed by atoms with Crippen molar-refractivity contribution in [3.8, 4) is 0 Å². The van der Waals surface area contributed by atoms with Crippen LogP contribution in [0.4, 0.5) is 17.1 Å². The predicted molar refractivity (Wildman–Crippen MR) is 116 cm³/mol. The topological polar surface area (TPSA) is 101 Å². The lowest BCUT2D eigenvalue weighted by Crippen LogP contribution is -2.25. The van der Waals surface area contributed by atoms with Crippen molar-refractivity contribution in [1.29, 1.82) is 0 Å². The highest BCUT2D eigenvalue weighted by Crippen LogP contribution is 2.26. The standard InChI is InChI=1S/C22H16ClN3O4/c23-19-12-11-15(14-20(19)26(29)30)13-18(21(27)24-16-7-3-1-4-8-16)22(28)25-17-9-5-2-6-10-17/h1-14H,(H,24,27)(H,25,28). The Labute approximate surface area is 177 Å². The number of nitro groups is 1. The lowest BCUT2D eigenvalue weighted by molar-refractivity contribution is -0.384. The molecule has 0 aliphatic carbocycles. The molecule has 0 unspecified atom stereocenters. The molecule has 3 aromatic rings. The first-order valence-electron chi connectivity index (χ1n) is 8.82. The van der Waals surface area contributed by atoms with E-state index < -0.39 is 16.7 Å². The summed E-state index contributed by atoms with van der Waals surface area (Å²) in [6, 6.07) is 21.3. The minimum Gasteiger partial charge on any atom is -0.322 e. The Morgan fingerprint density at radius 2 is 1.33 bits per heavy atom. The second-order valence-electron chi connectivity index (χ2n) is 6.17. The monoisotopic (exact) mass is 421 g/mol. The highest BCUT2D eigenvalue weighted by Gasteiger charge is 2.20. The number of halogens is 1. The number of anilines is 2. The third-order valence-corrected chi connectivity index (χ3v) is 4.35. The highest BCUT2D eigenvalue weighted by atomic mass is 35.5. The Morgan fingerprint density at radius 1 is 0.833 bits per heavy atom. The summed E-state index contributed by atoms with van der Waals surface area (Å²) in [5, 5.41) is 16.4. The fourth-order valence-corrected chi connectivity index (χ4v) is 2.79. The molecule has 0 aliphatic rings. The Kier molecular flexibility index (Phi) is 6.56. The fourth-order valence-electron chi connectivity index (χ4n) is 2.60. The van der Waals surface area contributed by atoms with E-state index in [0.717, 1.165) is 0 Å². The van der Waals surface area contributed by atoms with Crippen LogP contribution in [0.15, 0.2) is 84.4 Å². The van der Waals surface area contributed by atoms with Gasteiger partial charge in [0.15, 0.2) is 0 Å². The van der Waals surface area contributed by atoms with Gasteiger partial charge in [0, 0.05) is 17.4 Å². The van der Waals surface area contributed by atoms with Crippen LogP contribution in [-0.2, 0) is 9.59 Å². The molecular formula is C22H16ClN3O4. The summed E-state index contributed by atoms with van der Waals surface area (Å²) in [4.78, 5) is 36.2. The Bertz CT molecular complexity index is 1060. The van der Waals surface area contributed by atoms with Crippen molar-refractivity contribution in [2.45, 2.75) is 0 Å². The number of carbonyl (C=O) groups excluding carboxylic acids is 2. The number of hydrogen-bond acceptors (Lipinski definition) is 4. The summed E-state index contributed by atoms with van der Waals surface area (Å²) in [5.74, 6) is -1.32. The van der Waals surface area contributed by atoms with Crippen LogP contribution in [0.1, 0.15) is 5.56 Å². The summed E-state index contributed by atoms with van der Waals surface area (Å²) in [6.07, 6.45) is 1.28. The zero-order chi connectivity index (χ0) is 21.5. The summed E-state index contributed by atoms with van der Waals surface area (Å²) in [7, 11) is 0. The third kappa shape index (κ3) is 5.30. The molecular weight excluding hydrogens is 406 g/mol. The quantitative estimate of drug-likeness (QED) is 0.194. The minimum absolute atomic E-state index is 0.0406. The molecule has 30 heavy (non-hydrogen) atoms. The molecule has 3 aromatic carbocycles. The van der Waals surface area contributed by atoms with E-state index in [-0.39, 0.29) is 21.8 Å². The lowest BCUT2D eigenvalue weighted by atomic mass is 10.1. The van der Waals surface area contributed by atoms with Crippen molar-refractivity contribution in [2.24, 2.45) is 0 Å². The van der Waals surface area contributed by atoms with E-state index in [1.807, 2.05) is 0 Å². The molecule has 0 radical (unpaired) electrons. The Balaban J connectivity index is 1.97. The normalized spacial score (nSPS) is 10.0. The highest BCUT2D eigenvalue weighted by molar-refractivity contribution is 6.33. The molecule has 2 N–H and O–H groups in total. The van der Waals surface area contributed by atoms with Crippen molar-refractivity contribution in [1.82, 2.24) is 0 Å². The van der Waals surface area contributed by atoms with Gasteiger partial charge in [-0.15, -0.1) is 0 Å². The van der Waals surface area contributed by atoms with Crippen LogP contribution < -0.4 is 10.6 Å². The predicted octanol–water partition coefficient (Wildman–Crippen LogP) is 4.91. The van der Waals surface area contributed by atoms with E-state index in [1.165, 1.54) is 24.3 Å². The molecule has 0 fully saturated rings. The van der Waals surface area contributed by atoms with Crippen molar-refractivity contribution in [2.75, 3.05) is 10.6 Å². The molecule has 8 heteroatoms. The maximum absolute atomic E-state index is 12.8. The van der Waals surface area contributed by atoms with E-state index in [1.54, 1.807) is 60.7 Å². The molecule has 0 atom stereocenters. The first-order chi connectivity index (χ1) is 14.4. The number of benzene rings is 3. The van der Waals surface area contributed by atoms with Crippen LogP contribution in [0.25, 0.3) is 6.08 Å². The average molecular weight is 422 g/mol. The van der Waals surface area contributed by atoms with Crippen molar-refractivity contribution < 1.29 is 14.5 Å². The number of nitro benzene ring substituents is 1. The molecule has 0 heterocycles. The minimum atomic E-state index is -0.660. The SMILES string of the molecule is O=C(Nc1ccccc1)C(=Cc1ccc(Cl)c([N+](=O)[O-])c1)C(=O)Nc1ccccc1. The van der Waals surface area contributed by atoms with E-state index in [9.17, 15) is 19.7 Å². The maximum atomic E-state index is 12.8. The number of rotatable bonds is 6. The molecule has 0 aliphatic heterocycles. The second-order valence-corrected chi connectivity index (χ2v) is 6.57. The average Bonchev–Trinajstić information content (AvgIpc) is 2.74. The van der Waals surface area contributed by atoms with Gasteiger partial charge >= 0.3 is 0 Å². The Morgan fingerprint density at radius 3 is 1.80 bits per heavy atom. The summed E-state index contributed by atoms with van der Waals surface area (Å²) in [6.45, 7) is 0. The summed E-state index contributed by atoms with van der Waals surface area (Å²) < 4.78 is 0. The fraction of sp³-hybridized carbons (Fsp3) is 0. The number of para-hydroxylation sites is 2. The summed E-state index contributed by atoms with van der Waals surface area (Å²) in [5.41, 5.74) is 0.745. The van der Waals surface area contributed by atoms with E-state index >= 15 is 0 Å². The van der Waals surface area contributed by atoms with Gasteiger partial charge in [0.25, 0.3) is 17.5 Å². The molecule has 0 aromatic heterocycles. The maximum Gasteiger partial charge on any atom is 0.288 e. The van der Waals surface area contributed by atoms with Crippen molar-refractivity contribution in [3.63, 3.8) is 0 Å². The number of nitrogens with one attached hydrogen (secondary N) is 2. The zero-order valence-electron chi connectivity index (χ0n) is 15.5. The van der Waals surface area contributed by atoms with E-state index in [4.69, 9.17) is 11.6 Å². The molecule has 2 amide bonds. The number of amides is 2. The van der Waals surface area contributed by atoms with Gasteiger partial charge in [-0.1, -0.05) is 54.1 Å². The van der Waals surface area contributed by atoms with Crippen molar-refractivity contribution in [3.05, 3.63) is 105 Å². The van der Waals surface area contributed by atoms with Crippen LogP contribution in [0.2, 0.25) is 5.02 Å². The lowest BCUT2D eigenvalue weighted by Gasteiger charge is -2.10. The molecule has 0 spiro atoms. The van der Waals surface area contributed by atoms with Gasteiger partial charge in [0.1, 0.15) is 10.6 Å². The van der Waals surface area contributed by atoms with Crippen LogP contribution in [-0.4, -0.2) is 16.7 Å². The van der Waals surface area contributed by atoms with Crippen LogP contribution in [0, 0.1) is 10.1 Å². The number of hydrogen-bond donors (Lipinski definition) is 2. The summed E-state index contributed by atoms with van der Waals surface area (Å²) >= 11 is 5.85. The van der Waals surface area contributed by atoms with Gasteiger partial charge < -0.3 is 10.6 Å². The van der Waals surface area contributed by atoms with Gasteiger partial charge in [0.05, 0.1) is 4.92 Å². The number of nitrogens with zero attached hydrogens (tertiary/aromatic N) is 1. The van der Waals surface area contributed by atoms with Gasteiger partial charge in [0.2, 0.25) is 0 Å². The van der Waals surface area contributed by atoms with Gasteiger partial charge in [-0.2, -0.15) is 0 Å². The van der Waals surface area contributed by atoms with Crippen LogP contribution in [0.5, 0.6) is 0 Å². The van der Waals surface area contributed by atoms with Crippen LogP contribution >= 0.6 is 11.6 Å². The van der Waals surface area contributed by atoms with Gasteiger partial charge in [-0.05, 0) is 42.0 Å². The molecule has 150 valence electrons. The largest absolute Gasteiger partial charge is 0.322 e. The third-order valence-electron chi connectivity index (χ3n) is 4.03. The van der Waals surface area contributed by atoms with Crippen molar-refractivity contribution >= 4 is 46.6 Å². The van der Waals surface area contributed by atoms with Crippen LogP contribution in [0.3, 0.4) is 0 Å². The molecule has 0 saturated heterocycles. The first-order valence-corrected chi connectivity index (χ1v) is 9.20. The first kappa shape index (κ1) is 20.8. The molecule has 7 nitrogen and oxygen atoms in total. The molecule has 0 saturated carbocycles. The van der Waals surface area contributed by atoms with E-state index in [2.05, 4.69) is 10.6 Å². The molecule has 0 bridgehead atoms. The Hall–Kier alpha value is -3.97. The van der Waals surface area contributed by atoms with E-state index in [0.29, 0.717) is 11.4 Å². The second kappa shape index (κ2) is 9.49. The smallest absolute Gasteiger partial charge is 0.288 e. The number of carbonyl (C=O) groups is 2. The van der Waals surface area contributed by atoms with Gasteiger partial charge in [-0.3, -0.25) is 19.7 Å². The van der Waals surface area contributed by atoms with Gasteiger partial charge in [-0.25, -0.2) is 0 Å². The zero-order valence-corrected chi connectivity index (χ0v) is 16.3. The molecule has 3 rings (SSSR count).